The molecular weight excluding hydrogens is 540 g/mol. The van der Waals surface area contributed by atoms with Gasteiger partial charge in [0.1, 0.15) is 11.5 Å². The Morgan fingerprint density at radius 2 is 1.06 bits per heavy atom. The van der Waals surface area contributed by atoms with E-state index in [2.05, 4.69) is 42.5 Å². The maximum Gasteiger partial charge on any atom is 0.257 e. The molecule has 0 bridgehead atoms. The third kappa shape index (κ3) is 12.1. The summed E-state index contributed by atoms with van der Waals surface area (Å²) >= 11 is 6.74. The Hall–Kier alpha value is -2.06. The SMILES string of the molecule is O=C(COc1cccc(Br)c1)NCCCCCCCCNC(=O)COc1cccc(Br)c1. The molecule has 0 radical (unpaired) electrons. The van der Waals surface area contributed by atoms with E-state index in [1.54, 1.807) is 0 Å². The molecule has 0 spiro atoms. The lowest BCUT2D eigenvalue weighted by Crippen LogP contribution is -2.29. The van der Waals surface area contributed by atoms with Crippen molar-refractivity contribution in [3.63, 3.8) is 0 Å². The number of unbranched alkanes of at least 4 members (excludes halogenated alkanes) is 5. The molecule has 0 atom stereocenters. The van der Waals surface area contributed by atoms with Gasteiger partial charge >= 0.3 is 0 Å². The second-order valence-corrected chi connectivity index (χ2v) is 9.14. The van der Waals surface area contributed by atoms with Crippen LogP contribution in [0.15, 0.2) is 57.5 Å². The monoisotopic (exact) mass is 568 g/mol. The van der Waals surface area contributed by atoms with Gasteiger partial charge in [0.15, 0.2) is 13.2 Å². The van der Waals surface area contributed by atoms with Crippen LogP contribution in [0.25, 0.3) is 0 Å². The fraction of sp³-hybridized carbons (Fsp3) is 0.417. The van der Waals surface area contributed by atoms with E-state index >= 15 is 0 Å². The summed E-state index contributed by atoms with van der Waals surface area (Å²) in [5.74, 6) is 1.12. The van der Waals surface area contributed by atoms with E-state index in [1.165, 1.54) is 0 Å². The van der Waals surface area contributed by atoms with Crippen molar-refractivity contribution in [2.45, 2.75) is 38.5 Å². The summed E-state index contributed by atoms with van der Waals surface area (Å²) in [6.07, 6.45) is 6.27. The van der Waals surface area contributed by atoms with Crippen LogP contribution in [-0.2, 0) is 9.59 Å². The van der Waals surface area contributed by atoms with Gasteiger partial charge in [-0.05, 0) is 49.2 Å². The highest BCUT2D eigenvalue weighted by Crippen LogP contribution is 2.18. The Balaban J connectivity index is 1.37. The van der Waals surface area contributed by atoms with Gasteiger partial charge in [-0.3, -0.25) is 9.59 Å². The van der Waals surface area contributed by atoms with Crippen LogP contribution in [0.4, 0.5) is 0 Å². The zero-order valence-electron chi connectivity index (χ0n) is 18.1. The van der Waals surface area contributed by atoms with Gasteiger partial charge in [-0.25, -0.2) is 0 Å². The molecule has 0 aromatic heterocycles. The Labute approximate surface area is 206 Å². The number of benzene rings is 2. The first-order valence-corrected chi connectivity index (χ1v) is 12.4. The minimum Gasteiger partial charge on any atom is -0.484 e. The van der Waals surface area contributed by atoms with Gasteiger partial charge in [0.25, 0.3) is 11.8 Å². The van der Waals surface area contributed by atoms with Crippen LogP contribution in [0.2, 0.25) is 0 Å². The Kier molecular flexibility index (Phi) is 12.8. The quantitative estimate of drug-likeness (QED) is 0.287. The van der Waals surface area contributed by atoms with Crippen LogP contribution in [0, 0.1) is 0 Å². The first kappa shape index (κ1) is 26.2. The van der Waals surface area contributed by atoms with Crippen LogP contribution >= 0.6 is 31.9 Å². The third-order valence-corrected chi connectivity index (χ3v) is 5.57. The Morgan fingerprint density at radius 3 is 1.47 bits per heavy atom. The molecule has 2 aromatic rings. The smallest absolute Gasteiger partial charge is 0.257 e. The number of carbonyl (C=O) groups excluding carboxylic acids is 2. The molecule has 0 aliphatic carbocycles. The van der Waals surface area contributed by atoms with E-state index in [0.29, 0.717) is 24.6 Å². The highest BCUT2D eigenvalue weighted by Gasteiger charge is 2.04. The molecule has 2 amide bonds. The summed E-state index contributed by atoms with van der Waals surface area (Å²) in [6, 6.07) is 14.8. The number of carbonyl (C=O) groups is 2. The molecule has 0 unspecified atom stereocenters. The normalized spacial score (nSPS) is 10.4. The summed E-state index contributed by atoms with van der Waals surface area (Å²) in [5.41, 5.74) is 0. The lowest BCUT2D eigenvalue weighted by molar-refractivity contribution is -0.123. The van der Waals surface area contributed by atoms with E-state index in [4.69, 9.17) is 9.47 Å². The van der Waals surface area contributed by atoms with Crippen molar-refractivity contribution in [3.8, 4) is 11.5 Å². The summed E-state index contributed by atoms with van der Waals surface area (Å²) in [6.45, 7) is 1.37. The number of nitrogens with one attached hydrogen (secondary N) is 2. The first-order chi connectivity index (χ1) is 15.5. The molecule has 6 nitrogen and oxygen atoms in total. The average Bonchev–Trinajstić information content (AvgIpc) is 2.77. The number of halogens is 2. The van der Waals surface area contributed by atoms with Crippen molar-refractivity contribution < 1.29 is 19.1 Å². The van der Waals surface area contributed by atoms with Gasteiger partial charge in [-0.15, -0.1) is 0 Å². The van der Waals surface area contributed by atoms with Gasteiger partial charge in [0.05, 0.1) is 0 Å². The third-order valence-electron chi connectivity index (χ3n) is 4.58. The molecule has 0 aliphatic rings. The van der Waals surface area contributed by atoms with E-state index in [1.807, 2.05) is 48.5 Å². The average molecular weight is 570 g/mol. The molecule has 0 fully saturated rings. The largest absolute Gasteiger partial charge is 0.484 e. The standard InChI is InChI=1S/C24H30Br2N2O4/c25-19-9-7-11-21(15-19)31-17-23(29)27-13-5-3-1-2-4-6-14-28-24(30)18-32-22-12-8-10-20(26)16-22/h7-12,15-16H,1-6,13-14,17-18H2,(H,27,29)(H,28,30). The molecule has 2 rings (SSSR count). The minimum absolute atomic E-state index is 0.0239. The fourth-order valence-electron chi connectivity index (χ4n) is 2.93. The lowest BCUT2D eigenvalue weighted by atomic mass is 10.1. The van der Waals surface area contributed by atoms with E-state index < -0.39 is 0 Å². The highest BCUT2D eigenvalue weighted by molar-refractivity contribution is 9.10. The van der Waals surface area contributed by atoms with Crippen LogP contribution in [0.3, 0.4) is 0 Å². The number of amides is 2. The Bertz CT molecular complexity index is 779. The number of rotatable bonds is 15. The second-order valence-electron chi connectivity index (χ2n) is 7.31. The topological polar surface area (TPSA) is 76.7 Å². The van der Waals surface area contributed by atoms with Crippen molar-refractivity contribution in [2.24, 2.45) is 0 Å². The van der Waals surface area contributed by atoms with Crippen molar-refractivity contribution in [3.05, 3.63) is 57.5 Å². The molecule has 174 valence electrons. The molecular formula is C24H30Br2N2O4. The van der Waals surface area contributed by atoms with Crippen molar-refractivity contribution in [2.75, 3.05) is 26.3 Å². The van der Waals surface area contributed by atoms with Gasteiger partial charge in [-0.1, -0.05) is 69.7 Å². The summed E-state index contributed by atoms with van der Waals surface area (Å²) in [4.78, 5) is 23.6. The van der Waals surface area contributed by atoms with Gasteiger partial charge in [0, 0.05) is 22.0 Å². The molecule has 2 aromatic carbocycles. The van der Waals surface area contributed by atoms with Crippen molar-refractivity contribution in [1.29, 1.82) is 0 Å². The zero-order valence-corrected chi connectivity index (χ0v) is 21.3. The predicted molar refractivity (Wildman–Crippen MR) is 133 cm³/mol. The summed E-state index contributed by atoms with van der Waals surface area (Å²) < 4.78 is 12.8. The molecule has 0 heterocycles. The van der Waals surface area contributed by atoms with Crippen LogP contribution in [0.1, 0.15) is 38.5 Å². The number of hydrogen-bond donors (Lipinski definition) is 2. The van der Waals surface area contributed by atoms with Gasteiger partial charge in [-0.2, -0.15) is 0 Å². The molecule has 0 aliphatic heterocycles. The molecule has 0 saturated heterocycles. The highest BCUT2D eigenvalue weighted by atomic mass is 79.9. The summed E-state index contributed by atoms with van der Waals surface area (Å²) in [7, 11) is 0. The molecule has 0 saturated carbocycles. The van der Waals surface area contributed by atoms with Gasteiger partial charge in [0.2, 0.25) is 0 Å². The lowest BCUT2D eigenvalue weighted by Gasteiger charge is -2.08. The first-order valence-electron chi connectivity index (χ1n) is 10.8. The van der Waals surface area contributed by atoms with Crippen LogP contribution < -0.4 is 20.1 Å². The molecule has 2 N–H and O–H groups in total. The maximum atomic E-state index is 11.8. The number of hydrogen-bond acceptors (Lipinski definition) is 4. The molecule has 8 heteroatoms. The predicted octanol–water partition coefficient (Wildman–Crippen LogP) is 5.24. The van der Waals surface area contributed by atoms with Crippen LogP contribution in [-0.4, -0.2) is 38.1 Å². The van der Waals surface area contributed by atoms with E-state index in [9.17, 15) is 9.59 Å². The minimum atomic E-state index is -0.107. The van der Waals surface area contributed by atoms with E-state index in [-0.39, 0.29) is 25.0 Å². The summed E-state index contributed by atoms with van der Waals surface area (Å²) in [5, 5.41) is 5.76. The van der Waals surface area contributed by atoms with E-state index in [0.717, 1.165) is 47.5 Å². The van der Waals surface area contributed by atoms with Crippen molar-refractivity contribution >= 4 is 43.7 Å². The second kappa shape index (κ2) is 15.7. The fourth-order valence-corrected chi connectivity index (χ4v) is 3.68. The van der Waals surface area contributed by atoms with Crippen molar-refractivity contribution in [1.82, 2.24) is 10.6 Å². The number of ether oxygens (including phenoxy) is 2. The molecule has 32 heavy (non-hydrogen) atoms. The maximum absolute atomic E-state index is 11.8. The zero-order chi connectivity index (χ0) is 23.0. The van der Waals surface area contributed by atoms with Gasteiger partial charge < -0.3 is 20.1 Å². The Morgan fingerprint density at radius 1 is 0.656 bits per heavy atom. The van der Waals surface area contributed by atoms with Crippen LogP contribution in [0.5, 0.6) is 11.5 Å².